The molecular formula is C13H16BrFN2. The van der Waals surface area contributed by atoms with Crippen LogP contribution < -0.4 is 5.32 Å². The fourth-order valence-electron chi connectivity index (χ4n) is 1.48. The number of nitrogens with one attached hydrogen (secondary N) is 1. The molecule has 1 N–H and O–H groups in total. The van der Waals surface area contributed by atoms with Crippen LogP contribution in [0.1, 0.15) is 26.7 Å². The highest BCUT2D eigenvalue weighted by molar-refractivity contribution is 9.10. The topological polar surface area (TPSA) is 35.8 Å². The van der Waals surface area contributed by atoms with Crippen molar-refractivity contribution in [2.45, 2.75) is 26.7 Å². The fraction of sp³-hybridized carbons (Fsp3) is 0.462. The van der Waals surface area contributed by atoms with Crippen LogP contribution >= 0.6 is 15.9 Å². The summed E-state index contributed by atoms with van der Waals surface area (Å²) in [6, 6.07) is 7.02. The first kappa shape index (κ1) is 14.0. The van der Waals surface area contributed by atoms with Gasteiger partial charge in [0.1, 0.15) is 5.82 Å². The summed E-state index contributed by atoms with van der Waals surface area (Å²) in [4.78, 5) is 0. The molecule has 0 unspecified atom stereocenters. The zero-order chi connectivity index (χ0) is 12.9. The van der Waals surface area contributed by atoms with Crippen LogP contribution in [0.2, 0.25) is 0 Å². The Kier molecular flexibility index (Phi) is 4.95. The van der Waals surface area contributed by atoms with Gasteiger partial charge in [-0.2, -0.15) is 5.26 Å². The van der Waals surface area contributed by atoms with E-state index in [4.69, 9.17) is 5.26 Å². The molecule has 0 atom stereocenters. The minimum Gasteiger partial charge on any atom is -0.381 e. The molecule has 0 aliphatic rings. The quantitative estimate of drug-likeness (QED) is 0.878. The number of halogens is 2. The van der Waals surface area contributed by atoms with Crippen molar-refractivity contribution in [3.8, 4) is 6.07 Å². The Bertz CT molecular complexity index is 404. The van der Waals surface area contributed by atoms with Crippen molar-refractivity contribution in [2.75, 3.05) is 11.9 Å². The number of hydrogen-bond acceptors (Lipinski definition) is 2. The van der Waals surface area contributed by atoms with Gasteiger partial charge in [-0.05, 0) is 39.9 Å². The van der Waals surface area contributed by atoms with E-state index in [1.807, 2.05) is 0 Å². The summed E-state index contributed by atoms with van der Waals surface area (Å²) >= 11 is 3.31. The molecule has 4 heteroatoms. The molecule has 0 radical (unpaired) electrons. The van der Waals surface area contributed by atoms with E-state index in [1.165, 1.54) is 6.07 Å². The Morgan fingerprint density at radius 3 is 2.76 bits per heavy atom. The van der Waals surface area contributed by atoms with Crippen LogP contribution in [0, 0.1) is 22.6 Å². The number of anilines is 1. The van der Waals surface area contributed by atoms with Gasteiger partial charge in [0.15, 0.2) is 0 Å². The summed E-state index contributed by atoms with van der Waals surface area (Å²) < 4.78 is 14.2. The molecule has 1 aromatic rings. The third kappa shape index (κ3) is 4.35. The number of para-hydroxylation sites is 1. The maximum absolute atomic E-state index is 13.5. The molecule has 0 saturated carbocycles. The van der Waals surface area contributed by atoms with Crippen LogP contribution in [0.5, 0.6) is 0 Å². The van der Waals surface area contributed by atoms with Crippen LogP contribution in [0.25, 0.3) is 0 Å². The van der Waals surface area contributed by atoms with E-state index in [0.29, 0.717) is 23.1 Å². The van der Waals surface area contributed by atoms with Crippen molar-refractivity contribution in [1.82, 2.24) is 0 Å². The maximum atomic E-state index is 13.5. The van der Waals surface area contributed by atoms with Gasteiger partial charge in [0.05, 0.1) is 11.8 Å². The van der Waals surface area contributed by atoms with Crippen LogP contribution in [0.3, 0.4) is 0 Å². The first-order valence-corrected chi connectivity index (χ1v) is 6.30. The third-order valence-corrected chi connectivity index (χ3v) is 3.28. The average Bonchev–Trinajstić information content (AvgIpc) is 2.26. The molecule has 0 aromatic heterocycles. The summed E-state index contributed by atoms with van der Waals surface area (Å²) in [5.74, 6) is -0.268. The van der Waals surface area contributed by atoms with Crippen molar-refractivity contribution in [3.05, 3.63) is 28.5 Å². The van der Waals surface area contributed by atoms with E-state index in [-0.39, 0.29) is 11.2 Å². The summed E-state index contributed by atoms with van der Waals surface area (Å²) in [5.41, 5.74) is 0.454. The van der Waals surface area contributed by atoms with Crippen molar-refractivity contribution < 1.29 is 4.39 Å². The number of rotatable bonds is 5. The molecule has 0 aliphatic heterocycles. The number of nitriles is 1. The zero-order valence-corrected chi connectivity index (χ0v) is 11.6. The standard InChI is InChI=1S/C13H16BrFN2/c1-13(2,7-4-8-16)9-17-12-10(14)5-3-6-11(12)15/h3,5-6,17H,4,7,9H2,1-2H3. The third-order valence-electron chi connectivity index (χ3n) is 2.62. The van der Waals surface area contributed by atoms with Crippen LogP contribution in [0.4, 0.5) is 10.1 Å². The molecule has 2 nitrogen and oxygen atoms in total. The molecule has 0 saturated heterocycles. The highest BCUT2D eigenvalue weighted by atomic mass is 79.9. The molecule has 17 heavy (non-hydrogen) atoms. The van der Waals surface area contributed by atoms with E-state index < -0.39 is 0 Å². The second-order valence-corrected chi connectivity index (χ2v) is 5.63. The molecular weight excluding hydrogens is 283 g/mol. The fourth-order valence-corrected chi connectivity index (χ4v) is 1.96. The lowest BCUT2D eigenvalue weighted by Crippen LogP contribution is -2.23. The largest absolute Gasteiger partial charge is 0.381 e. The lowest BCUT2D eigenvalue weighted by Gasteiger charge is -2.24. The molecule has 1 aromatic carbocycles. The number of hydrogen-bond donors (Lipinski definition) is 1. The summed E-state index contributed by atoms with van der Waals surface area (Å²) in [6.07, 6.45) is 1.32. The van der Waals surface area contributed by atoms with Crippen molar-refractivity contribution >= 4 is 21.6 Å². The van der Waals surface area contributed by atoms with Gasteiger partial charge in [0.25, 0.3) is 0 Å². The maximum Gasteiger partial charge on any atom is 0.147 e. The normalized spacial score (nSPS) is 11.0. The van der Waals surface area contributed by atoms with Gasteiger partial charge < -0.3 is 5.32 Å². The van der Waals surface area contributed by atoms with E-state index in [1.54, 1.807) is 12.1 Å². The first-order chi connectivity index (χ1) is 7.96. The van der Waals surface area contributed by atoms with Gasteiger partial charge in [-0.3, -0.25) is 0 Å². The monoisotopic (exact) mass is 298 g/mol. The molecule has 0 heterocycles. The molecule has 0 amide bonds. The minimum atomic E-state index is -0.268. The van der Waals surface area contributed by atoms with Crippen molar-refractivity contribution in [1.29, 1.82) is 5.26 Å². The number of benzene rings is 1. The Labute approximate surface area is 110 Å². The smallest absolute Gasteiger partial charge is 0.147 e. The molecule has 92 valence electrons. The molecule has 0 spiro atoms. The van der Waals surface area contributed by atoms with E-state index >= 15 is 0 Å². The average molecular weight is 299 g/mol. The highest BCUT2D eigenvalue weighted by Crippen LogP contribution is 2.28. The summed E-state index contributed by atoms with van der Waals surface area (Å²) in [6.45, 7) is 4.76. The first-order valence-electron chi connectivity index (χ1n) is 5.51. The van der Waals surface area contributed by atoms with Gasteiger partial charge in [-0.25, -0.2) is 4.39 Å². The Balaban J connectivity index is 2.64. The Morgan fingerprint density at radius 1 is 1.47 bits per heavy atom. The SMILES string of the molecule is CC(C)(CCC#N)CNc1c(F)cccc1Br. The van der Waals surface area contributed by atoms with Gasteiger partial charge in [-0.15, -0.1) is 0 Å². The lowest BCUT2D eigenvalue weighted by atomic mass is 9.88. The van der Waals surface area contributed by atoms with Gasteiger partial charge in [-0.1, -0.05) is 19.9 Å². The van der Waals surface area contributed by atoms with Crippen molar-refractivity contribution in [3.63, 3.8) is 0 Å². The molecule has 0 aliphatic carbocycles. The predicted octanol–water partition coefficient (Wildman–Crippen LogP) is 4.33. The van der Waals surface area contributed by atoms with E-state index in [2.05, 4.69) is 41.2 Å². The van der Waals surface area contributed by atoms with Gasteiger partial charge >= 0.3 is 0 Å². The van der Waals surface area contributed by atoms with E-state index in [9.17, 15) is 4.39 Å². The number of nitrogens with zero attached hydrogens (tertiary/aromatic N) is 1. The molecule has 0 fully saturated rings. The predicted molar refractivity (Wildman–Crippen MR) is 71.2 cm³/mol. The Hall–Kier alpha value is -1.08. The minimum absolute atomic E-state index is 0.0303. The second kappa shape index (κ2) is 6.02. The van der Waals surface area contributed by atoms with E-state index in [0.717, 1.165) is 6.42 Å². The van der Waals surface area contributed by atoms with Crippen LogP contribution in [-0.2, 0) is 0 Å². The summed E-state index contributed by atoms with van der Waals surface area (Å²) in [5, 5.41) is 11.7. The van der Waals surface area contributed by atoms with Crippen molar-refractivity contribution in [2.24, 2.45) is 5.41 Å². The van der Waals surface area contributed by atoms with Gasteiger partial charge in [0.2, 0.25) is 0 Å². The van der Waals surface area contributed by atoms with Crippen LogP contribution in [0.15, 0.2) is 22.7 Å². The zero-order valence-electron chi connectivity index (χ0n) is 10.1. The van der Waals surface area contributed by atoms with Crippen LogP contribution in [-0.4, -0.2) is 6.54 Å². The van der Waals surface area contributed by atoms with Gasteiger partial charge in [0, 0.05) is 17.4 Å². The highest BCUT2D eigenvalue weighted by Gasteiger charge is 2.18. The lowest BCUT2D eigenvalue weighted by molar-refractivity contribution is 0.363. The molecule has 1 rings (SSSR count). The Morgan fingerprint density at radius 2 is 2.18 bits per heavy atom. The second-order valence-electron chi connectivity index (χ2n) is 4.77. The summed E-state index contributed by atoms with van der Waals surface area (Å²) in [7, 11) is 0. The molecule has 0 bridgehead atoms.